The number of hydrogen-bond acceptors (Lipinski definition) is 6. The standard InChI is InChI=1S/C23H25ClFN5O2/c1-14-26-19-12-20(30-6-5-16(13-30)29-7-9-32-10-8-29)27-22(21(19)23(31)28(14)2)17-4-3-15(24)11-18(17)25/h3-4,11-12,16H,5-10,13H2,1-2H3/t16-/m1/s1. The molecule has 0 amide bonds. The minimum absolute atomic E-state index is 0.243. The molecule has 0 aliphatic carbocycles. The first-order valence-electron chi connectivity index (χ1n) is 10.8. The van der Waals surface area contributed by atoms with Gasteiger partial charge in [0.25, 0.3) is 5.56 Å². The highest BCUT2D eigenvalue weighted by molar-refractivity contribution is 6.30. The smallest absolute Gasteiger partial charge is 0.263 e. The molecule has 3 aromatic rings. The van der Waals surface area contributed by atoms with Crippen LogP contribution < -0.4 is 10.5 Å². The molecule has 2 aliphatic heterocycles. The van der Waals surface area contributed by atoms with Gasteiger partial charge in [-0.25, -0.2) is 14.4 Å². The topological polar surface area (TPSA) is 63.5 Å². The van der Waals surface area contributed by atoms with Crippen molar-refractivity contribution in [3.8, 4) is 11.3 Å². The quantitative estimate of drug-likeness (QED) is 0.602. The van der Waals surface area contributed by atoms with Gasteiger partial charge >= 0.3 is 0 Å². The van der Waals surface area contributed by atoms with Crippen molar-refractivity contribution >= 4 is 28.3 Å². The summed E-state index contributed by atoms with van der Waals surface area (Å²) in [6.07, 6.45) is 1.02. The van der Waals surface area contributed by atoms with E-state index in [2.05, 4.69) is 14.8 Å². The van der Waals surface area contributed by atoms with E-state index in [1.807, 2.05) is 6.07 Å². The van der Waals surface area contributed by atoms with E-state index >= 15 is 0 Å². The molecule has 5 rings (SSSR count). The zero-order valence-corrected chi connectivity index (χ0v) is 18.9. The van der Waals surface area contributed by atoms with Crippen LogP contribution in [0.5, 0.6) is 0 Å². The number of pyridine rings is 1. The second kappa shape index (κ2) is 8.42. The summed E-state index contributed by atoms with van der Waals surface area (Å²) < 4.78 is 21.9. The lowest BCUT2D eigenvalue weighted by Crippen LogP contribution is -2.44. The Morgan fingerprint density at radius 1 is 1.16 bits per heavy atom. The largest absolute Gasteiger partial charge is 0.379 e. The zero-order chi connectivity index (χ0) is 22.4. The predicted octanol–water partition coefficient (Wildman–Crippen LogP) is 3.01. The number of rotatable bonds is 3. The Hall–Kier alpha value is -2.55. The summed E-state index contributed by atoms with van der Waals surface area (Å²) in [7, 11) is 1.66. The van der Waals surface area contributed by atoms with Crippen LogP contribution >= 0.6 is 11.6 Å². The van der Waals surface area contributed by atoms with E-state index in [9.17, 15) is 9.18 Å². The number of morpholine rings is 1. The van der Waals surface area contributed by atoms with E-state index in [0.717, 1.165) is 45.8 Å². The maximum absolute atomic E-state index is 14.9. The highest BCUT2D eigenvalue weighted by Gasteiger charge is 2.30. The second-order valence-corrected chi connectivity index (χ2v) is 8.84. The molecular formula is C23H25ClFN5O2. The summed E-state index contributed by atoms with van der Waals surface area (Å²) in [5.74, 6) is 0.784. The maximum atomic E-state index is 14.9. The molecule has 7 nitrogen and oxygen atoms in total. The first kappa shape index (κ1) is 21.3. The highest BCUT2D eigenvalue weighted by atomic mass is 35.5. The van der Waals surface area contributed by atoms with Crippen LogP contribution in [0.15, 0.2) is 29.1 Å². The van der Waals surface area contributed by atoms with Crippen LogP contribution in [0.2, 0.25) is 5.02 Å². The van der Waals surface area contributed by atoms with E-state index in [1.165, 1.54) is 10.6 Å². The van der Waals surface area contributed by atoms with Crippen molar-refractivity contribution in [1.82, 2.24) is 19.4 Å². The molecule has 0 bridgehead atoms. The van der Waals surface area contributed by atoms with E-state index in [4.69, 9.17) is 21.3 Å². The van der Waals surface area contributed by atoms with Crippen molar-refractivity contribution in [2.45, 2.75) is 19.4 Å². The van der Waals surface area contributed by atoms with Gasteiger partial charge in [-0.15, -0.1) is 0 Å². The molecule has 32 heavy (non-hydrogen) atoms. The lowest BCUT2D eigenvalue weighted by Gasteiger charge is -2.32. The predicted molar refractivity (Wildman–Crippen MR) is 123 cm³/mol. The fourth-order valence-electron chi connectivity index (χ4n) is 4.61. The lowest BCUT2D eigenvalue weighted by molar-refractivity contribution is 0.0209. The molecule has 1 aromatic carbocycles. The number of aromatic nitrogens is 3. The van der Waals surface area contributed by atoms with Crippen LogP contribution in [0.1, 0.15) is 12.2 Å². The van der Waals surface area contributed by atoms with Gasteiger partial charge in [-0.05, 0) is 31.5 Å². The monoisotopic (exact) mass is 457 g/mol. The average molecular weight is 458 g/mol. The van der Waals surface area contributed by atoms with Gasteiger partial charge in [-0.2, -0.15) is 0 Å². The number of aryl methyl sites for hydroxylation is 1. The molecule has 2 aliphatic rings. The van der Waals surface area contributed by atoms with Gasteiger partial charge in [0.2, 0.25) is 0 Å². The van der Waals surface area contributed by atoms with E-state index < -0.39 is 5.82 Å². The summed E-state index contributed by atoms with van der Waals surface area (Å²) in [6.45, 7) is 6.84. The molecule has 0 unspecified atom stereocenters. The number of hydrogen-bond donors (Lipinski definition) is 0. The number of fused-ring (bicyclic) bond motifs is 1. The van der Waals surface area contributed by atoms with Crippen molar-refractivity contribution in [2.75, 3.05) is 44.3 Å². The molecule has 168 valence electrons. The number of nitrogens with zero attached hydrogens (tertiary/aromatic N) is 5. The Labute approximate surface area is 190 Å². The third kappa shape index (κ3) is 3.76. The summed E-state index contributed by atoms with van der Waals surface area (Å²) in [4.78, 5) is 27.2. The van der Waals surface area contributed by atoms with Crippen LogP contribution in [0, 0.1) is 12.7 Å². The van der Waals surface area contributed by atoms with E-state index in [1.54, 1.807) is 26.1 Å². The van der Waals surface area contributed by atoms with Crippen LogP contribution in [0.4, 0.5) is 10.2 Å². The molecular weight excluding hydrogens is 433 g/mol. The Kier molecular flexibility index (Phi) is 5.61. The van der Waals surface area contributed by atoms with Crippen molar-refractivity contribution in [3.05, 3.63) is 51.3 Å². The number of benzene rings is 1. The van der Waals surface area contributed by atoms with Crippen LogP contribution in [0.25, 0.3) is 22.2 Å². The fourth-order valence-corrected chi connectivity index (χ4v) is 4.77. The SMILES string of the molecule is Cc1nc2cc(N3CC[C@@H](N4CCOCC4)C3)nc(-c3ccc(Cl)cc3F)c2c(=O)n1C. The van der Waals surface area contributed by atoms with E-state index in [-0.39, 0.29) is 11.1 Å². The minimum Gasteiger partial charge on any atom is -0.379 e. The third-order valence-corrected chi connectivity index (χ3v) is 6.74. The fraction of sp³-hybridized carbons (Fsp3) is 0.435. The zero-order valence-electron chi connectivity index (χ0n) is 18.1. The minimum atomic E-state index is -0.515. The second-order valence-electron chi connectivity index (χ2n) is 8.41. The molecule has 2 saturated heterocycles. The van der Waals surface area contributed by atoms with Crippen molar-refractivity contribution < 1.29 is 9.13 Å². The van der Waals surface area contributed by atoms with Crippen LogP contribution in [-0.4, -0.2) is 64.9 Å². The van der Waals surface area contributed by atoms with Crippen molar-refractivity contribution in [3.63, 3.8) is 0 Å². The normalized spacial score (nSPS) is 19.8. The van der Waals surface area contributed by atoms with Gasteiger partial charge in [0.15, 0.2) is 0 Å². The Morgan fingerprint density at radius 2 is 1.94 bits per heavy atom. The van der Waals surface area contributed by atoms with Crippen molar-refractivity contribution in [1.29, 1.82) is 0 Å². The molecule has 0 N–H and O–H groups in total. The Balaban J connectivity index is 1.62. The summed E-state index contributed by atoms with van der Waals surface area (Å²) >= 11 is 5.96. The van der Waals surface area contributed by atoms with Gasteiger partial charge in [0.1, 0.15) is 17.5 Å². The van der Waals surface area contributed by atoms with E-state index in [0.29, 0.717) is 39.3 Å². The van der Waals surface area contributed by atoms with Gasteiger partial charge in [0.05, 0.1) is 29.8 Å². The number of halogens is 2. The average Bonchev–Trinajstić information content (AvgIpc) is 3.28. The molecule has 1 atom stereocenters. The molecule has 2 fully saturated rings. The van der Waals surface area contributed by atoms with Gasteiger partial charge in [0, 0.05) is 55.9 Å². The van der Waals surface area contributed by atoms with Gasteiger partial charge in [-0.3, -0.25) is 14.3 Å². The molecule has 4 heterocycles. The Bertz CT molecular complexity index is 1240. The highest BCUT2D eigenvalue weighted by Crippen LogP contribution is 2.32. The molecule has 9 heteroatoms. The van der Waals surface area contributed by atoms with Crippen LogP contribution in [-0.2, 0) is 11.8 Å². The van der Waals surface area contributed by atoms with Gasteiger partial charge in [-0.1, -0.05) is 11.6 Å². The Morgan fingerprint density at radius 3 is 2.69 bits per heavy atom. The molecule has 0 spiro atoms. The first-order chi connectivity index (χ1) is 15.4. The molecule has 0 saturated carbocycles. The summed E-state index contributed by atoms with van der Waals surface area (Å²) in [5, 5.41) is 0.605. The maximum Gasteiger partial charge on any atom is 0.263 e. The third-order valence-electron chi connectivity index (χ3n) is 6.51. The number of ether oxygens (including phenoxy) is 1. The molecule has 0 radical (unpaired) electrons. The summed E-state index contributed by atoms with van der Waals surface area (Å²) in [6, 6.07) is 6.70. The lowest BCUT2D eigenvalue weighted by atomic mass is 10.1. The van der Waals surface area contributed by atoms with Crippen LogP contribution in [0.3, 0.4) is 0 Å². The molecule has 2 aromatic heterocycles. The van der Waals surface area contributed by atoms with Gasteiger partial charge < -0.3 is 9.64 Å². The summed E-state index contributed by atoms with van der Waals surface area (Å²) in [5.41, 5.74) is 0.820. The number of anilines is 1. The van der Waals surface area contributed by atoms with Crippen molar-refractivity contribution in [2.24, 2.45) is 7.05 Å². The first-order valence-corrected chi connectivity index (χ1v) is 11.2.